The summed E-state index contributed by atoms with van der Waals surface area (Å²) in [6.45, 7) is 1.70. The molecule has 0 aliphatic rings. The smallest absolute Gasteiger partial charge is 0.220 e. The van der Waals surface area contributed by atoms with Gasteiger partial charge in [-0.25, -0.2) is 0 Å². The van der Waals surface area contributed by atoms with E-state index in [1.165, 1.54) is 12.1 Å². The number of rotatable bonds is 5. The van der Waals surface area contributed by atoms with E-state index in [9.17, 15) is 13.5 Å². The number of carbonyl (C=O) groups is 2. The first-order chi connectivity index (χ1) is 7.67. The zero-order valence-corrected chi connectivity index (χ0v) is 9.64. The third-order valence-corrected chi connectivity index (χ3v) is 2.48. The van der Waals surface area contributed by atoms with E-state index in [0.717, 1.165) is 0 Å². The molecule has 86 valence electrons. The average molecular weight is 241 g/mol. The quantitative estimate of drug-likeness (QED) is 0.805. The van der Waals surface area contributed by atoms with Crippen LogP contribution in [0.25, 0.3) is 0 Å². The van der Waals surface area contributed by atoms with Crippen LogP contribution in [0.3, 0.4) is 0 Å². The van der Waals surface area contributed by atoms with Gasteiger partial charge in [-0.05, 0) is 12.1 Å². The molecule has 1 aromatic rings. The Balaban J connectivity index is 2.56. The summed E-state index contributed by atoms with van der Waals surface area (Å²) in [5, 5.41) is 2.49. The molecule has 0 aliphatic heterocycles. The minimum Gasteiger partial charge on any atom is -0.349 e. The van der Waals surface area contributed by atoms with Crippen LogP contribution in [0.4, 0.5) is 3.89 Å². The van der Waals surface area contributed by atoms with Crippen LogP contribution in [0.2, 0.25) is 0 Å². The highest BCUT2D eigenvalue weighted by molar-refractivity contribution is 7.94. The molecule has 0 saturated heterocycles. The fourth-order valence-corrected chi connectivity index (χ4v) is 1.34. The first-order valence-corrected chi connectivity index (χ1v) is 5.57. The predicted octanol–water partition coefficient (Wildman–Crippen LogP) is 2.37. The molecule has 0 heterocycles. The Hall–Kier alpha value is -1.36. The molecule has 3 nitrogen and oxygen atoms in total. The molecule has 1 N–H and O–H groups in total. The van der Waals surface area contributed by atoms with Crippen LogP contribution in [0.1, 0.15) is 23.7 Å². The zero-order valence-electron chi connectivity index (χ0n) is 8.83. The second kappa shape index (κ2) is 6.27. The van der Waals surface area contributed by atoms with Crippen LogP contribution < -0.4 is 5.32 Å². The zero-order chi connectivity index (χ0) is 12.0. The van der Waals surface area contributed by atoms with Crippen molar-refractivity contribution >= 4 is 23.8 Å². The van der Waals surface area contributed by atoms with Gasteiger partial charge in [-0.1, -0.05) is 19.1 Å². The van der Waals surface area contributed by atoms with E-state index in [1.807, 2.05) is 0 Å². The van der Waals surface area contributed by atoms with Crippen molar-refractivity contribution in [3.05, 3.63) is 29.8 Å². The molecule has 0 spiro atoms. The summed E-state index contributed by atoms with van der Waals surface area (Å²) in [6.07, 6.45) is 0.352. The lowest BCUT2D eigenvalue weighted by atomic mass is 10.1. The first kappa shape index (κ1) is 12.7. The van der Waals surface area contributed by atoms with Crippen molar-refractivity contribution in [2.45, 2.75) is 18.2 Å². The van der Waals surface area contributed by atoms with Gasteiger partial charge in [0.05, 0.1) is 18.7 Å². The highest BCUT2D eigenvalue weighted by atomic mass is 32.2. The van der Waals surface area contributed by atoms with E-state index in [2.05, 4.69) is 5.32 Å². The molecule has 5 heteroatoms. The molecule has 0 fully saturated rings. The first-order valence-electron chi connectivity index (χ1n) is 4.86. The molecule has 1 aromatic carbocycles. The lowest BCUT2D eigenvalue weighted by molar-refractivity contribution is -0.120. The summed E-state index contributed by atoms with van der Waals surface area (Å²) in [5.41, 5.74) is 0.467. The molecule has 16 heavy (non-hydrogen) atoms. The Morgan fingerprint density at radius 2 is 1.94 bits per heavy atom. The van der Waals surface area contributed by atoms with Crippen molar-refractivity contribution < 1.29 is 13.5 Å². The van der Waals surface area contributed by atoms with Crippen LogP contribution in [0.5, 0.6) is 0 Å². The van der Waals surface area contributed by atoms with E-state index >= 15 is 0 Å². The van der Waals surface area contributed by atoms with Gasteiger partial charge in [0.2, 0.25) is 5.91 Å². The minimum atomic E-state index is -0.183. The Bertz CT molecular complexity index is 378. The molecule has 0 bridgehead atoms. The van der Waals surface area contributed by atoms with Crippen molar-refractivity contribution in [1.29, 1.82) is 0 Å². The Kier molecular flexibility index (Phi) is 4.98. The minimum absolute atomic E-state index is 0.0191. The number of halogens is 1. The van der Waals surface area contributed by atoms with E-state index in [4.69, 9.17) is 0 Å². The SMILES string of the molecule is CCC(=O)NCC(=O)c1ccc(SF)cc1. The van der Waals surface area contributed by atoms with Crippen LogP contribution in [-0.4, -0.2) is 18.2 Å². The van der Waals surface area contributed by atoms with Crippen LogP contribution in [0, 0.1) is 0 Å². The lowest BCUT2D eigenvalue weighted by Gasteiger charge is -2.03. The Labute approximate surface area is 97.7 Å². The number of carbonyl (C=O) groups excluding carboxylic acids is 2. The second-order valence-electron chi connectivity index (χ2n) is 3.15. The number of Topliss-reactive ketones (excluding diaryl/α,β-unsaturated/α-hetero) is 1. The monoisotopic (exact) mass is 241 g/mol. The Morgan fingerprint density at radius 1 is 1.31 bits per heavy atom. The maximum absolute atomic E-state index is 12.1. The maximum atomic E-state index is 12.1. The number of nitrogens with one attached hydrogen (secondary N) is 1. The van der Waals surface area contributed by atoms with Gasteiger partial charge in [-0.3, -0.25) is 9.59 Å². The van der Waals surface area contributed by atoms with E-state index < -0.39 is 0 Å². The van der Waals surface area contributed by atoms with Crippen molar-refractivity contribution in [3.8, 4) is 0 Å². The van der Waals surface area contributed by atoms with Crippen LogP contribution in [0.15, 0.2) is 29.2 Å². The summed E-state index contributed by atoms with van der Waals surface area (Å²) in [5.74, 6) is -0.346. The van der Waals surface area contributed by atoms with Gasteiger partial charge in [0.25, 0.3) is 0 Å². The highest BCUT2D eigenvalue weighted by Gasteiger charge is 2.07. The van der Waals surface area contributed by atoms with E-state index in [0.29, 0.717) is 16.9 Å². The van der Waals surface area contributed by atoms with Gasteiger partial charge < -0.3 is 5.32 Å². The summed E-state index contributed by atoms with van der Waals surface area (Å²) < 4.78 is 12.1. The number of ketones is 1. The standard InChI is InChI=1S/C11H12FNO2S/c1-2-11(15)13-7-10(14)8-3-5-9(16-12)6-4-8/h3-6H,2,7H2,1H3,(H,13,15). The van der Waals surface area contributed by atoms with Gasteiger partial charge in [-0.15, -0.1) is 0 Å². The van der Waals surface area contributed by atoms with Crippen molar-refractivity contribution in [2.24, 2.45) is 0 Å². The largest absolute Gasteiger partial charge is 0.349 e. The van der Waals surface area contributed by atoms with Gasteiger partial charge in [-0.2, -0.15) is 3.89 Å². The molecular weight excluding hydrogens is 229 g/mol. The fraction of sp³-hybridized carbons (Fsp3) is 0.273. The van der Waals surface area contributed by atoms with Crippen molar-refractivity contribution in [2.75, 3.05) is 6.54 Å². The Morgan fingerprint density at radius 3 is 2.44 bits per heavy atom. The van der Waals surface area contributed by atoms with Gasteiger partial charge >= 0.3 is 0 Å². The van der Waals surface area contributed by atoms with Crippen molar-refractivity contribution in [1.82, 2.24) is 5.32 Å². The molecule has 0 radical (unpaired) electrons. The highest BCUT2D eigenvalue weighted by Crippen LogP contribution is 2.18. The van der Waals surface area contributed by atoms with Crippen LogP contribution in [-0.2, 0) is 4.79 Å². The number of amides is 1. The second-order valence-corrected chi connectivity index (χ2v) is 3.78. The molecule has 1 amide bonds. The molecule has 0 atom stereocenters. The predicted molar refractivity (Wildman–Crippen MR) is 61.0 cm³/mol. The summed E-state index contributed by atoms with van der Waals surface area (Å²) >= 11 is 0.130. The van der Waals surface area contributed by atoms with Gasteiger partial charge in [0.15, 0.2) is 5.78 Å². The number of hydrogen-bond donors (Lipinski definition) is 1. The molecule has 0 unspecified atom stereocenters. The summed E-state index contributed by atoms with van der Waals surface area (Å²) in [7, 11) is 0. The average Bonchev–Trinajstić information content (AvgIpc) is 2.35. The van der Waals surface area contributed by atoms with Gasteiger partial charge in [0.1, 0.15) is 0 Å². The normalized spacial score (nSPS) is 9.88. The topological polar surface area (TPSA) is 46.2 Å². The van der Waals surface area contributed by atoms with Crippen molar-refractivity contribution in [3.63, 3.8) is 0 Å². The molecule has 0 aromatic heterocycles. The van der Waals surface area contributed by atoms with Crippen LogP contribution >= 0.6 is 12.1 Å². The molecular formula is C11H12FNO2S. The third kappa shape index (κ3) is 3.66. The lowest BCUT2D eigenvalue weighted by Crippen LogP contribution is -2.28. The molecule has 0 aliphatic carbocycles. The number of hydrogen-bond acceptors (Lipinski definition) is 3. The third-order valence-electron chi connectivity index (χ3n) is 2.03. The number of benzene rings is 1. The van der Waals surface area contributed by atoms with E-state index in [-0.39, 0.29) is 30.4 Å². The summed E-state index contributed by atoms with van der Waals surface area (Å²) in [6, 6.07) is 6.14. The van der Waals surface area contributed by atoms with Gasteiger partial charge in [0, 0.05) is 16.9 Å². The fourth-order valence-electron chi connectivity index (χ4n) is 1.10. The molecule has 0 saturated carbocycles. The summed E-state index contributed by atoms with van der Waals surface area (Å²) in [4.78, 5) is 22.9. The maximum Gasteiger partial charge on any atom is 0.220 e. The van der Waals surface area contributed by atoms with E-state index in [1.54, 1.807) is 19.1 Å². The molecule has 1 rings (SSSR count).